The molecular formula is C9H8BrN3O2. The number of amides is 3. The van der Waals surface area contributed by atoms with Gasteiger partial charge in [0.15, 0.2) is 0 Å². The quantitative estimate of drug-likeness (QED) is 0.780. The van der Waals surface area contributed by atoms with Crippen molar-refractivity contribution in [2.75, 3.05) is 11.4 Å². The van der Waals surface area contributed by atoms with Gasteiger partial charge in [-0.3, -0.25) is 4.79 Å². The molecule has 1 aliphatic heterocycles. The fraction of sp³-hybridized carbons (Fsp3) is 0.222. The SMILES string of the molecule is Cc1cc(Br)cnc1N1C(=O)CNC1=O. The molecule has 0 saturated carbocycles. The zero-order valence-corrected chi connectivity index (χ0v) is 9.54. The molecule has 0 unspecified atom stereocenters. The summed E-state index contributed by atoms with van der Waals surface area (Å²) < 4.78 is 0.816. The normalized spacial score (nSPS) is 15.7. The number of aryl methyl sites for hydroxylation is 1. The maximum absolute atomic E-state index is 11.4. The molecule has 1 saturated heterocycles. The van der Waals surface area contributed by atoms with Crippen LogP contribution in [0.4, 0.5) is 10.6 Å². The second kappa shape index (κ2) is 3.62. The van der Waals surface area contributed by atoms with Crippen molar-refractivity contribution in [3.05, 3.63) is 22.3 Å². The van der Waals surface area contributed by atoms with Crippen LogP contribution in [0.2, 0.25) is 0 Å². The van der Waals surface area contributed by atoms with E-state index in [1.165, 1.54) is 0 Å². The monoisotopic (exact) mass is 269 g/mol. The third kappa shape index (κ3) is 1.72. The van der Waals surface area contributed by atoms with Crippen LogP contribution in [0, 0.1) is 6.92 Å². The van der Waals surface area contributed by atoms with Crippen molar-refractivity contribution in [1.82, 2.24) is 10.3 Å². The molecule has 1 aromatic rings. The van der Waals surface area contributed by atoms with E-state index in [2.05, 4.69) is 26.2 Å². The number of hydrogen-bond donors (Lipinski definition) is 1. The van der Waals surface area contributed by atoms with Gasteiger partial charge >= 0.3 is 6.03 Å². The lowest BCUT2D eigenvalue weighted by atomic mass is 10.3. The van der Waals surface area contributed by atoms with Crippen molar-refractivity contribution in [3.63, 3.8) is 0 Å². The van der Waals surface area contributed by atoms with Crippen LogP contribution in [0.1, 0.15) is 5.56 Å². The first-order valence-corrected chi connectivity index (χ1v) is 5.12. The molecule has 0 spiro atoms. The minimum absolute atomic E-state index is 0.0377. The van der Waals surface area contributed by atoms with Crippen molar-refractivity contribution in [2.45, 2.75) is 6.92 Å². The number of anilines is 1. The van der Waals surface area contributed by atoms with E-state index in [0.717, 1.165) is 14.9 Å². The minimum Gasteiger partial charge on any atom is -0.328 e. The Morgan fingerprint density at radius 2 is 2.27 bits per heavy atom. The van der Waals surface area contributed by atoms with Gasteiger partial charge in [-0.15, -0.1) is 0 Å². The van der Waals surface area contributed by atoms with Crippen molar-refractivity contribution in [2.24, 2.45) is 0 Å². The van der Waals surface area contributed by atoms with Gasteiger partial charge < -0.3 is 5.32 Å². The molecule has 1 aliphatic rings. The number of rotatable bonds is 1. The average Bonchev–Trinajstić information content (AvgIpc) is 2.48. The molecule has 2 rings (SSSR count). The lowest BCUT2D eigenvalue weighted by Crippen LogP contribution is -2.32. The molecule has 5 nitrogen and oxygen atoms in total. The van der Waals surface area contributed by atoms with Crippen LogP contribution in [0.15, 0.2) is 16.7 Å². The summed E-state index contributed by atoms with van der Waals surface area (Å²) in [6.07, 6.45) is 1.56. The number of nitrogens with zero attached hydrogens (tertiary/aromatic N) is 2. The summed E-state index contributed by atoms with van der Waals surface area (Å²) in [4.78, 5) is 27.9. The lowest BCUT2D eigenvalue weighted by molar-refractivity contribution is -0.115. The fourth-order valence-corrected chi connectivity index (χ4v) is 1.85. The third-order valence-electron chi connectivity index (χ3n) is 2.07. The van der Waals surface area contributed by atoms with E-state index in [0.29, 0.717) is 5.82 Å². The van der Waals surface area contributed by atoms with E-state index in [1.807, 2.05) is 0 Å². The molecule has 0 radical (unpaired) electrons. The summed E-state index contributed by atoms with van der Waals surface area (Å²) in [7, 11) is 0. The highest BCUT2D eigenvalue weighted by atomic mass is 79.9. The summed E-state index contributed by atoms with van der Waals surface area (Å²) in [5, 5.41) is 2.45. The fourth-order valence-electron chi connectivity index (χ4n) is 1.40. The summed E-state index contributed by atoms with van der Waals surface area (Å²) >= 11 is 3.27. The van der Waals surface area contributed by atoms with Gasteiger partial charge in [-0.25, -0.2) is 14.7 Å². The highest BCUT2D eigenvalue weighted by Crippen LogP contribution is 2.22. The maximum Gasteiger partial charge on any atom is 0.330 e. The zero-order valence-electron chi connectivity index (χ0n) is 7.95. The van der Waals surface area contributed by atoms with Crippen molar-refractivity contribution in [1.29, 1.82) is 0 Å². The first-order valence-electron chi connectivity index (χ1n) is 4.32. The van der Waals surface area contributed by atoms with Crippen LogP contribution < -0.4 is 10.2 Å². The Morgan fingerprint density at radius 1 is 1.53 bits per heavy atom. The van der Waals surface area contributed by atoms with Crippen LogP contribution in [0.25, 0.3) is 0 Å². The maximum atomic E-state index is 11.4. The number of aromatic nitrogens is 1. The van der Waals surface area contributed by atoms with Gasteiger partial charge in [-0.2, -0.15) is 0 Å². The Hall–Kier alpha value is -1.43. The second-order valence-electron chi connectivity index (χ2n) is 3.18. The van der Waals surface area contributed by atoms with Gasteiger partial charge in [-0.05, 0) is 34.5 Å². The van der Waals surface area contributed by atoms with Gasteiger partial charge in [0.2, 0.25) is 0 Å². The average molecular weight is 270 g/mol. The standard InChI is InChI=1S/C9H8BrN3O2/c1-5-2-6(10)3-11-8(5)13-7(14)4-12-9(13)15/h2-3H,4H2,1H3,(H,12,15). The number of nitrogens with one attached hydrogen (secondary N) is 1. The smallest absolute Gasteiger partial charge is 0.328 e. The van der Waals surface area contributed by atoms with Crippen molar-refractivity contribution < 1.29 is 9.59 Å². The molecule has 0 aliphatic carbocycles. The molecule has 1 fully saturated rings. The van der Waals surface area contributed by atoms with Crippen LogP contribution >= 0.6 is 15.9 Å². The van der Waals surface area contributed by atoms with Gasteiger partial charge in [0.1, 0.15) is 5.82 Å². The predicted molar refractivity (Wildman–Crippen MR) is 57.6 cm³/mol. The molecule has 0 aromatic carbocycles. The van der Waals surface area contributed by atoms with Crippen molar-refractivity contribution >= 4 is 33.7 Å². The predicted octanol–water partition coefficient (Wildman–Crippen LogP) is 1.21. The summed E-state index contributed by atoms with van der Waals surface area (Å²) in [6.45, 7) is 1.84. The lowest BCUT2D eigenvalue weighted by Gasteiger charge is -2.13. The highest BCUT2D eigenvalue weighted by molar-refractivity contribution is 9.10. The Labute approximate surface area is 94.6 Å². The van der Waals surface area contributed by atoms with Crippen LogP contribution in [0.5, 0.6) is 0 Å². The molecule has 1 aromatic heterocycles. The van der Waals surface area contributed by atoms with Crippen LogP contribution in [0.3, 0.4) is 0 Å². The van der Waals surface area contributed by atoms with E-state index in [-0.39, 0.29) is 12.5 Å². The molecule has 0 atom stereocenters. The Kier molecular flexibility index (Phi) is 2.44. The summed E-state index contributed by atoms with van der Waals surface area (Å²) in [5.41, 5.74) is 0.773. The Bertz CT molecular complexity index is 431. The van der Waals surface area contributed by atoms with Gasteiger partial charge in [0, 0.05) is 10.7 Å². The molecule has 6 heteroatoms. The van der Waals surface area contributed by atoms with E-state index in [1.54, 1.807) is 19.2 Å². The first-order chi connectivity index (χ1) is 7.09. The largest absolute Gasteiger partial charge is 0.330 e. The van der Waals surface area contributed by atoms with Crippen molar-refractivity contribution in [3.8, 4) is 0 Å². The molecule has 3 amide bonds. The van der Waals surface area contributed by atoms with Crippen LogP contribution in [-0.4, -0.2) is 23.5 Å². The molecule has 2 heterocycles. The molecule has 0 bridgehead atoms. The molecule has 15 heavy (non-hydrogen) atoms. The molecule has 1 N–H and O–H groups in total. The summed E-state index contributed by atoms with van der Waals surface area (Å²) in [6, 6.07) is 1.39. The highest BCUT2D eigenvalue weighted by Gasteiger charge is 2.31. The molecular weight excluding hydrogens is 262 g/mol. The second-order valence-corrected chi connectivity index (χ2v) is 4.10. The number of carbonyl (C=O) groups is 2. The number of imide groups is 1. The topological polar surface area (TPSA) is 62.3 Å². The number of pyridine rings is 1. The van der Waals surface area contributed by atoms with Gasteiger partial charge in [0.05, 0.1) is 6.54 Å². The summed E-state index contributed by atoms with van der Waals surface area (Å²) in [5.74, 6) is 0.108. The Balaban J connectivity index is 2.45. The first kappa shape index (κ1) is 10.1. The van der Waals surface area contributed by atoms with E-state index in [9.17, 15) is 9.59 Å². The van der Waals surface area contributed by atoms with Gasteiger partial charge in [-0.1, -0.05) is 0 Å². The van der Waals surface area contributed by atoms with E-state index >= 15 is 0 Å². The van der Waals surface area contributed by atoms with E-state index in [4.69, 9.17) is 0 Å². The molecule has 78 valence electrons. The van der Waals surface area contributed by atoms with Gasteiger partial charge in [0.25, 0.3) is 5.91 Å². The number of carbonyl (C=O) groups excluding carboxylic acids is 2. The zero-order chi connectivity index (χ0) is 11.0. The van der Waals surface area contributed by atoms with E-state index < -0.39 is 6.03 Å². The number of urea groups is 1. The van der Waals surface area contributed by atoms with Crippen LogP contribution in [-0.2, 0) is 4.79 Å². The number of halogens is 1. The number of hydrogen-bond acceptors (Lipinski definition) is 3. The third-order valence-corrected chi connectivity index (χ3v) is 2.51. The Morgan fingerprint density at radius 3 is 2.80 bits per heavy atom. The minimum atomic E-state index is -0.419.